The summed E-state index contributed by atoms with van der Waals surface area (Å²) in [4.78, 5) is 21.2. The van der Waals surface area contributed by atoms with Gasteiger partial charge in [-0.2, -0.15) is 0 Å². The molecular weight excluding hydrogens is 356 g/mol. The standard InChI is InChI=1S/C21H20N4OS/c22-12-16(10-14-4-2-1-3-5-14)25-21(26)15-11-19(27-13-15)17-6-8-23-20-18(17)7-9-24-20/h1-9,11,13,16H,10,12,22H2,(H,23,24)(H,25,26). The number of H-pyrrole nitrogens is 1. The predicted octanol–water partition coefficient (Wildman–Crippen LogP) is 3.59. The van der Waals surface area contributed by atoms with Crippen LogP contribution in [0, 0.1) is 0 Å². The molecule has 4 aromatic rings. The minimum atomic E-state index is -0.0967. The number of pyridine rings is 1. The lowest BCUT2D eigenvalue weighted by molar-refractivity contribution is 0.0938. The number of aromatic nitrogens is 2. The highest BCUT2D eigenvalue weighted by atomic mass is 32.1. The molecule has 0 aliphatic carbocycles. The molecule has 0 saturated carbocycles. The molecule has 136 valence electrons. The molecule has 0 saturated heterocycles. The Morgan fingerprint density at radius 3 is 2.89 bits per heavy atom. The molecule has 0 bridgehead atoms. The minimum absolute atomic E-state index is 0.0942. The van der Waals surface area contributed by atoms with Crippen molar-refractivity contribution in [1.29, 1.82) is 0 Å². The van der Waals surface area contributed by atoms with Gasteiger partial charge in [-0.25, -0.2) is 4.98 Å². The molecule has 3 aromatic heterocycles. The molecule has 1 aromatic carbocycles. The zero-order valence-corrected chi connectivity index (χ0v) is 15.5. The molecule has 4 rings (SSSR count). The summed E-state index contributed by atoms with van der Waals surface area (Å²) in [7, 11) is 0. The first-order chi connectivity index (χ1) is 13.2. The normalized spacial score (nSPS) is 12.2. The number of amides is 1. The van der Waals surface area contributed by atoms with Crippen LogP contribution in [-0.4, -0.2) is 28.5 Å². The van der Waals surface area contributed by atoms with Crippen LogP contribution in [0.25, 0.3) is 21.5 Å². The molecule has 1 amide bonds. The molecule has 0 aliphatic heterocycles. The lowest BCUT2D eigenvalue weighted by atomic mass is 10.1. The molecule has 5 nitrogen and oxygen atoms in total. The number of carbonyl (C=O) groups is 1. The van der Waals surface area contributed by atoms with Gasteiger partial charge in [-0.3, -0.25) is 4.79 Å². The summed E-state index contributed by atoms with van der Waals surface area (Å²) in [5.74, 6) is -0.0942. The summed E-state index contributed by atoms with van der Waals surface area (Å²) in [6, 6.07) is 15.9. The number of rotatable bonds is 6. The average molecular weight is 376 g/mol. The van der Waals surface area contributed by atoms with Crippen LogP contribution in [0.2, 0.25) is 0 Å². The highest BCUT2D eigenvalue weighted by Crippen LogP contribution is 2.32. The van der Waals surface area contributed by atoms with Gasteiger partial charge in [-0.1, -0.05) is 30.3 Å². The number of carbonyl (C=O) groups excluding carboxylic acids is 1. The zero-order valence-electron chi connectivity index (χ0n) is 14.7. The molecule has 3 heterocycles. The number of benzene rings is 1. The molecule has 0 aliphatic rings. The van der Waals surface area contributed by atoms with Crippen LogP contribution in [-0.2, 0) is 6.42 Å². The van der Waals surface area contributed by atoms with E-state index in [1.165, 1.54) is 0 Å². The van der Waals surface area contributed by atoms with E-state index in [1.54, 1.807) is 17.5 Å². The Labute approximate surface area is 161 Å². The van der Waals surface area contributed by atoms with Crippen LogP contribution >= 0.6 is 11.3 Å². The Morgan fingerprint density at radius 1 is 1.22 bits per heavy atom. The zero-order chi connectivity index (χ0) is 18.6. The largest absolute Gasteiger partial charge is 0.348 e. The van der Waals surface area contributed by atoms with Crippen molar-refractivity contribution in [3.8, 4) is 10.4 Å². The third-order valence-corrected chi connectivity index (χ3v) is 5.50. The Bertz CT molecular complexity index is 1050. The molecule has 0 fully saturated rings. The second kappa shape index (κ2) is 7.73. The summed E-state index contributed by atoms with van der Waals surface area (Å²) >= 11 is 1.55. The maximum absolute atomic E-state index is 12.7. The van der Waals surface area contributed by atoms with Gasteiger partial charge in [-0.15, -0.1) is 11.3 Å². The lowest BCUT2D eigenvalue weighted by Gasteiger charge is -2.16. The molecule has 4 N–H and O–H groups in total. The van der Waals surface area contributed by atoms with Crippen LogP contribution < -0.4 is 11.1 Å². The van der Waals surface area contributed by atoms with Crippen molar-refractivity contribution in [1.82, 2.24) is 15.3 Å². The fourth-order valence-electron chi connectivity index (χ4n) is 3.13. The van der Waals surface area contributed by atoms with Crippen molar-refractivity contribution < 1.29 is 4.79 Å². The van der Waals surface area contributed by atoms with E-state index in [0.717, 1.165) is 27.0 Å². The highest BCUT2D eigenvalue weighted by Gasteiger charge is 2.16. The van der Waals surface area contributed by atoms with E-state index in [9.17, 15) is 4.79 Å². The van der Waals surface area contributed by atoms with E-state index in [4.69, 9.17) is 5.73 Å². The molecule has 1 atom stereocenters. The van der Waals surface area contributed by atoms with Crippen molar-refractivity contribution in [3.63, 3.8) is 0 Å². The first kappa shape index (κ1) is 17.5. The summed E-state index contributed by atoms with van der Waals surface area (Å²) in [5, 5.41) is 5.99. The lowest BCUT2D eigenvalue weighted by Crippen LogP contribution is -2.41. The monoisotopic (exact) mass is 376 g/mol. The van der Waals surface area contributed by atoms with Crippen molar-refractivity contribution in [2.24, 2.45) is 5.73 Å². The van der Waals surface area contributed by atoms with Gasteiger partial charge >= 0.3 is 0 Å². The van der Waals surface area contributed by atoms with E-state index in [-0.39, 0.29) is 11.9 Å². The number of nitrogens with two attached hydrogens (primary N) is 1. The van der Waals surface area contributed by atoms with Gasteiger partial charge in [0.1, 0.15) is 5.65 Å². The Kier molecular flexibility index (Phi) is 5.00. The van der Waals surface area contributed by atoms with E-state index >= 15 is 0 Å². The first-order valence-corrected chi connectivity index (χ1v) is 9.68. The second-order valence-corrected chi connectivity index (χ2v) is 7.31. The highest BCUT2D eigenvalue weighted by molar-refractivity contribution is 7.14. The molecule has 0 spiro atoms. The van der Waals surface area contributed by atoms with Crippen LogP contribution in [0.5, 0.6) is 0 Å². The molecule has 1 unspecified atom stereocenters. The number of fused-ring (bicyclic) bond motifs is 1. The summed E-state index contributed by atoms with van der Waals surface area (Å²) in [6.07, 6.45) is 4.37. The van der Waals surface area contributed by atoms with Crippen LogP contribution in [0.3, 0.4) is 0 Å². The fourth-order valence-corrected chi connectivity index (χ4v) is 4.06. The third kappa shape index (κ3) is 3.77. The average Bonchev–Trinajstić information content (AvgIpc) is 3.37. The number of nitrogens with zero attached hydrogens (tertiary/aromatic N) is 1. The summed E-state index contributed by atoms with van der Waals surface area (Å²) < 4.78 is 0. The van der Waals surface area contributed by atoms with E-state index < -0.39 is 0 Å². The van der Waals surface area contributed by atoms with E-state index in [1.807, 2.05) is 60.1 Å². The number of thiophene rings is 1. The van der Waals surface area contributed by atoms with Gasteiger partial charge in [0, 0.05) is 46.2 Å². The topological polar surface area (TPSA) is 83.8 Å². The molecule has 0 radical (unpaired) electrons. The van der Waals surface area contributed by atoms with Crippen molar-refractivity contribution in [2.45, 2.75) is 12.5 Å². The van der Waals surface area contributed by atoms with Crippen molar-refractivity contribution >= 4 is 28.3 Å². The Morgan fingerprint density at radius 2 is 2.07 bits per heavy atom. The second-order valence-electron chi connectivity index (χ2n) is 6.39. The van der Waals surface area contributed by atoms with Crippen LogP contribution in [0.15, 0.2) is 66.3 Å². The number of nitrogens with one attached hydrogen (secondary N) is 2. The van der Waals surface area contributed by atoms with E-state index in [0.29, 0.717) is 18.5 Å². The summed E-state index contributed by atoms with van der Waals surface area (Å²) in [6.45, 7) is 0.395. The van der Waals surface area contributed by atoms with Gasteiger partial charge in [0.25, 0.3) is 5.91 Å². The van der Waals surface area contributed by atoms with Gasteiger partial charge in [0.15, 0.2) is 0 Å². The quantitative estimate of drug-likeness (QED) is 0.481. The van der Waals surface area contributed by atoms with E-state index in [2.05, 4.69) is 15.3 Å². The SMILES string of the molecule is NCC(Cc1ccccc1)NC(=O)c1csc(-c2ccnc3[nH]ccc23)c1. The smallest absolute Gasteiger partial charge is 0.252 e. The maximum Gasteiger partial charge on any atom is 0.252 e. The van der Waals surface area contributed by atoms with Gasteiger partial charge in [0.05, 0.1) is 5.56 Å². The first-order valence-electron chi connectivity index (χ1n) is 8.80. The minimum Gasteiger partial charge on any atom is -0.348 e. The Hall–Kier alpha value is -2.96. The van der Waals surface area contributed by atoms with Crippen LogP contribution in [0.4, 0.5) is 0 Å². The number of aromatic amines is 1. The molecule has 6 heteroatoms. The van der Waals surface area contributed by atoms with Gasteiger partial charge in [-0.05, 0) is 30.2 Å². The Balaban J connectivity index is 1.51. The van der Waals surface area contributed by atoms with Crippen LogP contribution in [0.1, 0.15) is 15.9 Å². The fraction of sp³-hybridized carbons (Fsp3) is 0.143. The molecular formula is C21H20N4OS. The van der Waals surface area contributed by atoms with Crippen molar-refractivity contribution in [3.05, 3.63) is 77.4 Å². The summed E-state index contributed by atoms with van der Waals surface area (Å²) in [5.41, 5.74) is 9.60. The third-order valence-electron chi connectivity index (χ3n) is 4.53. The van der Waals surface area contributed by atoms with Gasteiger partial charge < -0.3 is 16.0 Å². The van der Waals surface area contributed by atoms with Crippen molar-refractivity contribution in [2.75, 3.05) is 6.54 Å². The number of hydrogen-bond donors (Lipinski definition) is 3. The maximum atomic E-state index is 12.7. The van der Waals surface area contributed by atoms with Gasteiger partial charge in [0.2, 0.25) is 0 Å². The predicted molar refractivity (Wildman–Crippen MR) is 110 cm³/mol. The molecule has 27 heavy (non-hydrogen) atoms. The number of hydrogen-bond acceptors (Lipinski definition) is 4.